The number of carbonyl (C=O) groups is 2. The lowest BCUT2D eigenvalue weighted by Crippen LogP contribution is -2.53. The van der Waals surface area contributed by atoms with E-state index in [9.17, 15) is 9.59 Å². The van der Waals surface area contributed by atoms with Gasteiger partial charge in [0.2, 0.25) is 5.91 Å². The Bertz CT molecular complexity index is 662. The number of hydrogen-bond donors (Lipinski definition) is 1. The van der Waals surface area contributed by atoms with E-state index in [0.29, 0.717) is 37.8 Å². The van der Waals surface area contributed by atoms with Crippen LogP contribution in [0.25, 0.3) is 0 Å². The van der Waals surface area contributed by atoms with Crippen molar-refractivity contribution in [3.05, 3.63) is 35.4 Å². The summed E-state index contributed by atoms with van der Waals surface area (Å²) < 4.78 is 11.2. The molecule has 0 aromatic heterocycles. The van der Waals surface area contributed by atoms with Gasteiger partial charge in [0, 0.05) is 24.6 Å². The number of ether oxygens (including phenoxy) is 2. The lowest BCUT2D eigenvalue weighted by atomic mass is 9.94. The van der Waals surface area contributed by atoms with Gasteiger partial charge in [-0.3, -0.25) is 9.59 Å². The lowest BCUT2D eigenvalue weighted by Gasteiger charge is -2.36. The number of hydrogen-bond acceptors (Lipinski definition) is 4. The number of nitrogens with one attached hydrogen (secondary N) is 1. The van der Waals surface area contributed by atoms with Gasteiger partial charge < -0.3 is 19.7 Å². The third-order valence-electron chi connectivity index (χ3n) is 5.49. The Balaban J connectivity index is 1.60. The SMILES string of the molecule is Cc1ccccc1C(=O)NC(C(=O)N1CCC(C2OCCO2)CC1)C(C)C. The highest BCUT2D eigenvalue weighted by Crippen LogP contribution is 2.26. The van der Waals surface area contributed by atoms with E-state index in [1.54, 1.807) is 6.07 Å². The first-order chi connectivity index (χ1) is 13.0. The van der Waals surface area contributed by atoms with Crippen molar-refractivity contribution >= 4 is 11.8 Å². The first kappa shape index (κ1) is 19.8. The number of nitrogens with zero attached hydrogens (tertiary/aromatic N) is 1. The maximum absolute atomic E-state index is 13.1. The van der Waals surface area contributed by atoms with Crippen LogP contribution < -0.4 is 5.32 Å². The highest BCUT2D eigenvalue weighted by Gasteiger charge is 2.35. The van der Waals surface area contributed by atoms with Crippen LogP contribution in [-0.4, -0.2) is 55.3 Å². The van der Waals surface area contributed by atoms with Crippen molar-refractivity contribution in [2.75, 3.05) is 26.3 Å². The number of aryl methyl sites for hydroxylation is 1. The second kappa shape index (κ2) is 8.85. The van der Waals surface area contributed by atoms with Gasteiger partial charge in [-0.2, -0.15) is 0 Å². The van der Waals surface area contributed by atoms with Gasteiger partial charge in [-0.25, -0.2) is 0 Å². The molecule has 0 aliphatic carbocycles. The molecular formula is C21H30N2O4. The van der Waals surface area contributed by atoms with Crippen molar-refractivity contribution in [3.8, 4) is 0 Å². The summed E-state index contributed by atoms with van der Waals surface area (Å²) in [5.74, 6) is 0.168. The van der Waals surface area contributed by atoms with Crippen molar-refractivity contribution in [1.29, 1.82) is 0 Å². The Morgan fingerprint density at radius 2 is 1.74 bits per heavy atom. The van der Waals surface area contributed by atoms with Gasteiger partial charge in [-0.1, -0.05) is 32.0 Å². The van der Waals surface area contributed by atoms with Crippen LogP contribution in [0.2, 0.25) is 0 Å². The molecule has 0 spiro atoms. The summed E-state index contributed by atoms with van der Waals surface area (Å²) in [5.41, 5.74) is 1.52. The molecule has 6 heteroatoms. The minimum Gasteiger partial charge on any atom is -0.350 e. The first-order valence-corrected chi connectivity index (χ1v) is 9.86. The number of carbonyl (C=O) groups excluding carboxylic acids is 2. The molecule has 3 rings (SSSR count). The molecule has 1 N–H and O–H groups in total. The van der Waals surface area contributed by atoms with E-state index < -0.39 is 6.04 Å². The van der Waals surface area contributed by atoms with Crippen LogP contribution >= 0.6 is 0 Å². The van der Waals surface area contributed by atoms with Gasteiger partial charge in [0.1, 0.15) is 6.04 Å². The Morgan fingerprint density at radius 1 is 1.11 bits per heavy atom. The molecule has 1 unspecified atom stereocenters. The normalized spacial score (nSPS) is 20.1. The summed E-state index contributed by atoms with van der Waals surface area (Å²) in [6.45, 7) is 8.50. The Kier molecular flexibility index (Phi) is 6.50. The zero-order valence-corrected chi connectivity index (χ0v) is 16.4. The number of amides is 2. The van der Waals surface area contributed by atoms with Crippen molar-refractivity contribution in [1.82, 2.24) is 10.2 Å². The van der Waals surface area contributed by atoms with Crippen LogP contribution in [0.15, 0.2) is 24.3 Å². The molecule has 2 aliphatic heterocycles. The average Bonchev–Trinajstić information content (AvgIpc) is 3.20. The monoisotopic (exact) mass is 374 g/mol. The van der Waals surface area contributed by atoms with Crippen LogP contribution in [0.1, 0.15) is 42.6 Å². The molecule has 0 saturated carbocycles. The molecule has 6 nitrogen and oxygen atoms in total. The predicted octanol–water partition coefficient (Wildman–Crippen LogP) is 2.36. The molecule has 2 fully saturated rings. The van der Waals surface area contributed by atoms with Crippen LogP contribution in [0.4, 0.5) is 0 Å². The minimum atomic E-state index is -0.521. The Morgan fingerprint density at radius 3 is 2.33 bits per heavy atom. The molecule has 0 radical (unpaired) electrons. The fraction of sp³-hybridized carbons (Fsp3) is 0.619. The number of rotatable bonds is 5. The Hall–Kier alpha value is -1.92. The summed E-state index contributed by atoms with van der Waals surface area (Å²) in [6, 6.07) is 6.91. The molecular weight excluding hydrogens is 344 g/mol. The maximum atomic E-state index is 13.1. The Labute approximate surface area is 161 Å². The van der Waals surface area contributed by atoms with Crippen molar-refractivity contribution in [3.63, 3.8) is 0 Å². The first-order valence-electron chi connectivity index (χ1n) is 9.86. The molecule has 1 atom stereocenters. The standard InChI is InChI=1S/C21H30N2O4/c1-14(2)18(22-19(24)17-7-5-4-6-15(17)3)20(25)23-10-8-16(9-11-23)21-26-12-13-27-21/h4-7,14,16,18,21H,8-13H2,1-3H3,(H,22,24). The van der Waals surface area contributed by atoms with Gasteiger partial charge in [-0.05, 0) is 37.3 Å². The van der Waals surface area contributed by atoms with E-state index in [0.717, 1.165) is 18.4 Å². The highest BCUT2D eigenvalue weighted by atomic mass is 16.7. The van der Waals surface area contributed by atoms with Gasteiger partial charge in [0.25, 0.3) is 5.91 Å². The third kappa shape index (κ3) is 4.68. The van der Waals surface area contributed by atoms with Crippen LogP contribution in [0.5, 0.6) is 0 Å². The fourth-order valence-electron chi connectivity index (χ4n) is 3.80. The highest BCUT2D eigenvalue weighted by molar-refractivity contribution is 5.98. The van der Waals surface area contributed by atoms with Gasteiger partial charge in [0.15, 0.2) is 6.29 Å². The number of piperidine rings is 1. The van der Waals surface area contributed by atoms with E-state index in [2.05, 4.69) is 5.32 Å². The second-order valence-corrected chi connectivity index (χ2v) is 7.78. The van der Waals surface area contributed by atoms with Crippen molar-refractivity contribution in [2.45, 2.75) is 45.9 Å². The topological polar surface area (TPSA) is 67.9 Å². The molecule has 27 heavy (non-hydrogen) atoms. The maximum Gasteiger partial charge on any atom is 0.252 e. The summed E-state index contributed by atoms with van der Waals surface area (Å²) >= 11 is 0. The van der Waals surface area contributed by atoms with Gasteiger partial charge in [0.05, 0.1) is 13.2 Å². The summed E-state index contributed by atoms with van der Waals surface area (Å²) in [7, 11) is 0. The zero-order valence-electron chi connectivity index (χ0n) is 16.4. The molecule has 2 amide bonds. The molecule has 2 saturated heterocycles. The van der Waals surface area contributed by atoms with E-state index in [1.807, 2.05) is 43.9 Å². The van der Waals surface area contributed by atoms with Gasteiger partial charge in [-0.15, -0.1) is 0 Å². The fourth-order valence-corrected chi connectivity index (χ4v) is 3.80. The van der Waals surface area contributed by atoms with E-state index in [4.69, 9.17) is 9.47 Å². The largest absolute Gasteiger partial charge is 0.350 e. The molecule has 148 valence electrons. The number of benzene rings is 1. The molecule has 1 aromatic rings. The zero-order chi connectivity index (χ0) is 19.4. The van der Waals surface area contributed by atoms with Crippen molar-refractivity contribution in [2.24, 2.45) is 11.8 Å². The van der Waals surface area contributed by atoms with Crippen LogP contribution in [0, 0.1) is 18.8 Å². The average molecular weight is 374 g/mol. The van der Waals surface area contributed by atoms with Crippen LogP contribution in [-0.2, 0) is 14.3 Å². The smallest absolute Gasteiger partial charge is 0.252 e. The quantitative estimate of drug-likeness (QED) is 0.859. The summed E-state index contributed by atoms with van der Waals surface area (Å²) in [4.78, 5) is 27.6. The van der Waals surface area contributed by atoms with Crippen LogP contribution in [0.3, 0.4) is 0 Å². The van der Waals surface area contributed by atoms with Crippen molar-refractivity contribution < 1.29 is 19.1 Å². The minimum absolute atomic E-state index is 0.00126. The molecule has 2 heterocycles. The molecule has 0 bridgehead atoms. The molecule has 2 aliphatic rings. The lowest BCUT2D eigenvalue weighted by molar-refractivity contribution is -0.139. The molecule has 1 aromatic carbocycles. The van der Waals surface area contributed by atoms with E-state index in [1.165, 1.54) is 0 Å². The third-order valence-corrected chi connectivity index (χ3v) is 5.49. The van der Waals surface area contributed by atoms with Gasteiger partial charge >= 0.3 is 0 Å². The predicted molar refractivity (Wildman–Crippen MR) is 102 cm³/mol. The second-order valence-electron chi connectivity index (χ2n) is 7.78. The summed E-state index contributed by atoms with van der Waals surface area (Å²) in [6.07, 6.45) is 1.61. The van der Waals surface area contributed by atoms with E-state index in [-0.39, 0.29) is 24.0 Å². The summed E-state index contributed by atoms with van der Waals surface area (Å²) in [5, 5.41) is 2.96. The van der Waals surface area contributed by atoms with E-state index >= 15 is 0 Å². The number of likely N-dealkylation sites (tertiary alicyclic amines) is 1.